The standard InChI is InChI=1S/C35H38O7/c36-30(25-38-21-26-13-5-1-6-14-26)31-32(39-22-27-15-7-2-8-16-27)33(40-23-28-17-9-3-10-18-28)34(35(37)42-31)41-24-29-19-11-4-12-20-29/h1-20,30-37H,21-25H2/t30-,31+,32+,33+,34+,35+/m0/s1. The van der Waals surface area contributed by atoms with Crippen LogP contribution in [0.15, 0.2) is 121 Å². The molecule has 7 heteroatoms. The summed E-state index contributed by atoms with van der Waals surface area (Å²) in [6.45, 7) is 1.09. The van der Waals surface area contributed by atoms with Crippen molar-refractivity contribution in [3.63, 3.8) is 0 Å². The smallest absolute Gasteiger partial charge is 0.184 e. The molecule has 6 atom stereocenters. The first-order valence-electron chi connectivity index (χ1n) is 14.3. The Morgan fingerprint density at radius 2 is 0.905 bits per heavy atom. The second kappa shape index (κ2) is 15.7. The van der Waals surface area contributed by atoms with Crippen LogP contribution in [0.5, 0.6) is 0 Å². The fraction of sp³-hybridized carbons (Fsp3) is 0.314. The monoisotopic (exact) mass is 570 g/mol. The highest BCUT2D eigenvalue weighted by Crippen LogP contribution is 2.31. The molecule has 1 heterocycles. The number of aliphatic hydroxyl groups excluding tert-OH is 2. The average Bonchev–Trinajstić information content (AvgIpc) is 3.04. The summed E-state index contributed by atoms with van der Waals surface area (Å²) in [5.41, 5.74) is 3.86. The van der Waals surface area contributed by atoms with Crippen molar-refractivity contribution in [2.75, 3.05) is 6.61 Å². The third-order valence-corrected chi connectivity index (χ3v) is 7.18. The molecule has 4 aromatic carbocycles. The minimum atomic E-state index is -1.36. The first-order chi connectivity index (χ1) is 20.7. The van der Waals surface area contributed by atoms with Crippen molar-refractivity contribution in [3.8, 4) is 0 Å². The Morgan fingerprint density at radius 1 is 0.524 bits per heavy atom. The molecule has 0 bridgehead atoms. The van der Waals surface area contributed by atoms with Crippen LogP contribution in [0.3, 0.4) is 0 Å². The lowest BCUT2D eigenvalue weighted by molar-refractivity contribution is -0.325. The van der Waals surface area contributed by atoms with E-state index in [1.165, 1.54) is 0 Å². The van der Waals surface area contributed by atoms with Gasteiger partial charge in [-0.25, -0.2) is 0 Å². The molecule has 0 amide bonds. The quantitative estimate of drug-likeness (QED) is 0.220. The molecule has 1 aliphatic heterocycles. The second-order valence-corrected chi connectivity index (χ2v) is 10.3. The van der Waals surface area contributed by atoms with Gasteiger partial charge in [-0.2, -0.15) is 0 Å². The fourth-order valence-corrected chi connectivity index (χ4v) is 4.98. The van der Waals surface area contributed by atoms with E-state index < -0.39 is 36.8 Å². The van der Waals surface area contributed by atoms with Gasteiger partial charge in [-0.1, -0.05) is 121 Å². The molecule has 7 nitrogen and oxygen atoms in total. The van der Waals surface area contributed by atoms with Gasteiger partial charge in [0.2, 0.25) is 0 Å². The lowest BCUT2D eigenvalue weighted by atomic mass is 9.94. The molecular formula is C35H38O7. The highest BCUT2D eigenvalue weighted by Gasteiger charge is 2.50. The molecule has 0 aromatic heterocycles. The van der Waals surface area contributed by atoms with Crippen LogP contribution in [0.1, 0.15) is 22.3 Å². The first-order valence-corrected chi connectivity index (χ1v) is 14.3. The third-order valence-electron chi connectivity index (χ3n) is 7.18. The molecule has 0 spiro atoms. The normalized spacial score (nSPS) is 23.0. The maximum Gasteiger partial charge on any atom is 0.184 e. The number of aliphatic hydroxyl groups is 2. The van der Waals surface area contributed by atoms with Crippen molar-refractivity contribution in [3.05, 3.63) is 144 Å². The number of benzene rings is 4. The van der Waals surface area contributed by atoms with Gasteiger partial charge in [0.15, 0.2) is 6.29 Å². The van der Waals surface area contributed by atoms with Crippen molar-refractivity contribution in [1.29, 1.82) is 0 Å². The Hall–Kier alpha value is -3.40. The van der Waals surface area contributed by atoms with Crippen molar-refractivity contribution in [2.45, 2.75) is 63.2 Å². The number of hydrogen-bond acceptors (Lipinski definition) is 7. The summed E-state index contributed by atoms with van der Waals surface area (Å²) in [6.07, 6.45) is -5.79. The van der Waals surface area contributed by atoms with E-state index in [9.17, 15) is 10.2 Å². The van der Waals surface area contributed by atoms with Crippen LogP contribution >= 0.6 is 0 Å². The zero-order chi connectivity index (χ0) is 29.0. The average molecular weight is 571 g/mol. The van der Waals surface area contributed by atoms with Gasteiger partial charge in [0.1, 0.15) is 30.5 Å². The molecule has 42 heavy (non-hydrogen) atoms. The van der Waals surface area contributed by atoms with Crippen molar-refractivity contribution in [1.82, 2.24) is 0 Å². The fourth-order valence-electron chi connectivity index (χ4n) is 4.98. The van der Waals surface area contributed by atoms with Crippen LogP contribution in [0.4, 0.5) is 0 Å². The molecule has 2 N–H and O–H groups in total. The van der Waals surface area contributed by atoms with Gasteiger partial charge in [-0.3, -0.25) is 0 Å². The lowest BCUT2D eigenvalue weighted by Gasteiger charge is -2.45. The zero-order valence-electron chi connectivity index (χ0n) is 23.5. The van der Waals surface area contributed by atoms with Crippen LogP contribution in [0, 0.1) is 0 Å². The summed E-state index contributed by atoms with van der Waals surface area (Å²) >= 11 is 0. The van der Waals surface area contributed by atoms with Gasteiger partial charge in [-0.05, 0) is 22.3 Å². The molecule has 0 saturated carbocycles. The van der Waals surface area contributed by atoms with Gasteiger partial charge >= 0.3 is 0 Å². The summed E-state index contributed by atoms with van der Waals surface area (Å²) < 4.78 is 31.0. The number of ether oxygens (including phenoxy) is 5. The van der Waals surface area contributed by atoms with E-state index in [4.69, 9.17) is 23.7 Å². The van der Waals surface area contributed by atoms with E-state index in [1.54, 1.807) is 0 Å². The van der Waals surface area contributed by atoms with Crippen molar-refractivity contribution >= 4 is 0 Å². The predicted molar refractivity (Wildman–Crippen MR) is 158 cm³/mol. The van der Waals surface area contributed by atoms with Gasteiger partial charge in [0, 0.05) is 0 Å². The van der Waals surface area contributed by atoms with Crippen LogP contribution in [0.2, 0.25) is 0 Å². The van der Waals surface area contributed by atoms with E-state index in [0.717, 1.165) is 22.3 Å². The van der Waals surface area contributed by atoms with E-state index in [2.05, 4.69) is 0 Å². The Kier molecular flexibility index (Phi) is 11.3. The molecule has 1 saturated heterocycles. The highest BCUT2D eigenvalue weighted by atomic mass is 16.7. The lowest BCUT2D eigenvalue weighted by Crippen LogP contribution is -2.63. The minimum Gasteiger partial charge on any atom is -0.388 e. The molecule has 5 rings (SSSR count). The SMILES string of the molecule is O[C@@H]1O[C@H]([C@@H](O)COCc2ccccc2)[C@@H](OCc2ccccc2)[C@@H](OCc2ccccc2)[C@H]1OCc1ccccc1. The molecule has 1 fully saturated rings. The van der Waals surface area contributed by atoms with Gasteiger partial charge < -0.3 is 33.9 Å². The summed E-state index contributed by atoms with van der Waals surface area (Å²) in [7, 11) is 0. The summed E-state index contributed by atoms with van der Waals surface area (Å²) in [5, 5.41) is 22.5. The van der Waals surface area contributed by atoms with E-state index in [1.807, 2.05) is 121 Å². The van der Waals surface area contributed by atoms with Crippen LogP contribution in [-0.4, -0.2) is 53.6 Å². The Balaban J connectivity index is 1.36. The largest absolute Gasteiger partial charge is 0.388 e. The number of hydrogen-bond donors (Lipinski definition) is 2. The van der Waals surface area contributed by atoms with E-state index in [-0.39, 0.29) is 26.4 Å². The van der Waals surface area contributed by atoms with Crippen molar-refractivity contribution < 1.29 is 33.9 Å². The van der Waals surface area contributed by atoms with E-state index >= 15 is 0 Å². The Bertz CT molecular complexity index is 1290. The Morgan fingerprint density at radius 3 is 1.36 bits per heavy atom. The maximum absolute atomic E-state index is 11.3. The van der Waals surface area contributed by atoms with Crippen molar-refractivity contribution in [2.24, 2.45) is 0 Å². The molecule has 0 radical (unpaired) electrons. The molecule has 220 valence electrons. The predicted octanol–water partition coefficient (Wildman–Crippen LogP) is 5.04. The van der Waals surface area contributed by atoms with Crippen LogP contribution in [-0.2, 0) is 50.1 Å². The molecule has 0 unspecified atom stereocenters. The summed E-state index contributed by atoms with van der Waals surface area (Å²) in [5.74, 6) is 0. The molecular weight excluding hydrogens is 532 g/mol. The maximum atomic E-state index is 11.3. The van der Waals surface area contributed by atoms with Crippen LogP contribution < -0.4 is 0 Å². The van der Waals surface area contributed by atoms with E-state index in [0.29, 0.717) is 6.61 Å². The minimum absolute atomic E-state index is 0.0155. The number of rotatable bonds is 14. The zero-order valence-corrected chi connectivity index (χ0v) is 23.5. The second-order valence-electron chi connectivity index (χ2n) is 10.3. The van der Waals surface area contributed by atoms with Gasteiger partial charge in [0.25, 0.3) is 0 Å². The Labute approximate surface area is 247 Å². The summed E-state index contributed by atoms with van der Waals surface area (Å²) in [4.78, 5) is 0. The highest BCUT2D eigenvalue weighted by molar-refractivity contribution is 5.16. The van der Waals surface area contributed by atoms with Gasteiger partial charge in [0.05, 0.1) is 33.0 Å². The third kappa shape index (κ3) is 8.56. The van der Waals surface area contributed by atoms with Gasteiger partial charge in [-0.15, -0.1) is 0 Å². The molecule has 0 aliphatic carbocycles. The molecule has 1 aliphatic rings. The molecule has 4 aromatic rings. The van der Waals surface area contributed by atoms with Crippen LogP contribution in [0.25, 0.3) is 0 Å². The topological polar surface area (TPSA) is 86.6 Å². The first kappa shape index (κ1) is 30.1. The summed E-state index contributed by atoms with van der Waals surface area (Å²) in [6, 6.07) is 39.0.